The standard InChI is InChI=1S/C18H27ClN6O3S/c1-4-23-12-17(13(3)22-23)29(27,28)24-8-6-7-14(11-24)18(26)20-10-16-15(19)9-21-25(16)5-2/h9,12,14H,4-8,10-11H2,1-3H3,(H,20,26). The summed E-state index contributed by atoms with van der Waals surface area (Å²) in [6, 6.07) is 0. The Bertz CT molecular complexity index is 984. The molecule has 1 amide bonds. The molecule has 1 N–H and O–H groups in total. The van der Waals surface area contributed by atoms with Gasteiger partial charge in [-0.2, -0.15) is 14.5 Å². The Balaban J connectivity index is 1.68. The van der Waals surface area contributed by atoms with Crippen LogP contribution in [-0.4, -0.2) is 51.3 Å². The van der Waals surface area contributed by atoms with Crippen molar-refractivity contribution in [1.29, 1.82) is 0 Å². The second-order valence-electron chi connectivity index (χ2n) is 7.11. The van der Waals surface area contributed by atoms with Gasteiger partial charge in [0.15, 0.2) is 0 Å². The predicted molar refractivity (Wildman–Crippen MR) is 109 cm³/mol. The maximum Gasteiger partial charge on any atom is 0.246 e. The Morgan fingerprint density at radius 3 is 2.76 bits per heavy atom. The van der Waals surface area contributed by atoms with E-state index >= 15 is 0 Å². The molecule has 1 atom stereocenters. The predicted octanol–water partition coefficient (Wildman–Crippen LogP) is 1.80. The number of aromatic nitrogens is 4. The number of rotatable bonds is 7. The SMILES string of the molecule is CCn1cc(S(=O)(=O)N2CCCC(C(=O)NCc3c(Cl)cnn3CC)C2)c(C)n1. The van der Waals surface area contributed by atoms with Crippen LogP contribution in [0.2, 0.25) is 5.02 Å². The quantitative estimate of drug-likeness (QED) is 0.704. The lowest BCUT2D eigenvalue weighted by Gasteiger charge is -2.31. The van der Waals surface area contributed by atoms with E-state index in [1.54, 1.807) is 28.7 Å². The van der Waals surface area contributed by atoms with E-state index in [1.165, 1.54) is 4.31 Å². The Morgan fingerprint density at radius 1 is 1.34 bits per heavy atom. The van der Waals surface area contributed by atoms with Crippen LogP contribution in [0.25, 0.3) is 0 Å². The molecule has 0 bridgehead atoms. The number of hydrogen-bond acceptors (Lipinski definition) is 5. The van der Waals surface area contributed by atoms with E-state index in [0.717, 1.165) is 5.69 Å². The average Bonchev–Trinajstić information content (AvgIpc) is 3.28. The van der Waals surface area contributed by atoms with Crippen molar-refractivity contribution in [2.45, 2.75) is 58.1 Å². The van der Waals surface area contributed by atoms with Crippen LogP contribution in [-0.2, 0) is 34.5 Å². The molecule has 0 aromatic carbocycles. The maximum absolute atomic E-state index is 13.1. The van der Waals surface area contributed by atoms with E-state index < -0.39 is 15.9 Å². The number of sulfonamides is 1. The first-order chi connectivity index (χ1) is 13.8. The van der Waals surface area contributed by atoms with Gasteiger partial charge < -0.3 is 5.32 Å². The minimum Gasteiger partial charge on any atom is -0.350 e. The first-order valence-electron chi connectivity index (χ1n) is 9.80. The summed E-state index contributed by atoms with van der Waals surface area (Å²) < 4.78 is 30.9. The molecule has 1 unspecified atom stereocenters. The molecule has 29 heavy (non-hydrogen) atoms. The monoisotopic (exact) mass is 442 g/mol. The summed E-state index contributed by atoms with van der Waals surface area (Å²) in [6.07, 6.45) is 4.39. The van der Waals surface area contributed by atoms with Gasteiger partial charge >= 0.3 is 0 Å². The van der Waals surface area contributed by atoms with E-state index in [-0.39, 0.29) is 23.9 Å². The van der Waals surface area contributed by atoms with E-state index in [0.29, 0.717) is 43.2 Å². The number of hydrogen-bond donors (Lipinski definition) is 1. The zero-order valence-electron chi connectivity index (χ0n) is 16.9. The van der Waals surface area contributed by atoms with Gasteiger partial charge in [0, 0.05) is 32.4 Å². The molecular formula is C18H27ClN6O3S. The Kier molecular flexibility index (Phi) is 6.65. The largest absolute Gasteiger partial charge is 0.350 e. The van der Waals surface area contributed by atoms with Crippen LogP contribution in [0.1, 0.15) is 38.1 Å². The number of nitrogens with zero attached hydrogens (tertiary/aromatic N) is 5. The van der Waals surface area contributed by atoms with Crippen molar-refractivity contribution in [3.05, 3.63) is 28.8 Å². The first-order valence-corrected chi connectivity index (χ1v) is 11.6. The van der Waals surface area contributed by atoms with E-state index in [9.17, 15) is 13.2 Å². The molecule has 1 saturated heterocycles. The van der Waals surface area contributed by atoms with Crippen molar-refractivity contribution in [2.24, 2.45) is 5.92 Å². The second kappa shape index (κ2) is 8.85. The fourth-order valence-electron chi connectivity index (χ4n) is 3.58. The minimum atomic E-state index is -3.69. The van der Waals surface area contributed by atoms with Crippen LogP contribution in [0.15, 0.2) is 17.3 Å². The van der Waals surface area contributed by atoms with E-state index in [1.807, 2.05) is 13.8 Å². The van der Waals surface area contributed by atoms with Crippen molar-refractivity contribution in [2.75, 3.05) is 13.1 Å². The Morgan fingerprint density at radius 2 is 2.10 bits per heavy atom. The number of amides is 1. The fourth-order valence-corrected chi connectivity index (χ4v) is 5.48. The van der Waals surface area contributed by atoms with Gasteiger partial charge in [-0.1, -0.05) is 11.6 Å². The summed E-state index contributed by atoms with van der Waals surface area (Å²) in [4.78, 5) is 12.9. The zero-order chi connectivity index (χ0) is 21.2. The molecule has 2 aromatic rings. The molecule has 3 rings (SSSR count). The van der Waals surface area contributed by atoms with Crippen LogP contribution in [0.4, 0.5) is 0 Å². The van der Waals surface area contributed by atoms with Crippen molar-refractivity contribution in [3.8, 4) is 0 Å². The molecule has 1 aliphatic rings. The van der Waals surface area contributed by atoms with Gasteiger partial charge in [-0.25, -0.2) is 8.42 Å². The number of piperidine rings is 1. The molecule has 9 nitrogen and oxygen atoms in total. The van der Waals surface area contributed by atoms with Crippen molar-refractivity contribution in [1.82, 2.24) is 29.2 Å². The van der Waals surface area contributed by atoms with Gasteiger partial charge in [-0.15, -0.1) is 0 Å². The normalized spacial score (nSPS) is 18.1. The number of halogens is 1. The topological polar surface area (TPSA) is 102 Å². The third-order valence-corrected chi connectivity index (χ3v) is 7.51. The van der Waals surface area contributed by atoms with Gasteiger partial charge in [0.25, 0.3) is 0 Å². The lowest BCUT2D eigenvalue weighted by atomic mass is 9.99. The summed E-state index contributed by atoms with van der Waals surface area (Å²) in [5.74, 6) is -0.581. The summed E-state index contributed by atoms with van der Waals surface area (Å²) in [5.41, 5.74) is 1.21. The van der Waals surface area contributed by atoms with Crippen LogP contribution < -0.4 is 5.32 Å². The highest BCUT2D eigenvalue weighted by atomic mass is 35.5. The van der Waals surface area contributed by atoms with Crippen molar-refractivity contribution in [3.63, 3.8) is 0 Å². The average molecular weight is 443 g/mol. The number of aryl methyl sites for hydroxylation is 3. The molecule has 0 aliphatic carbocycles. The van der Waals surface area contributed by atoms with Gasteiger partial charge in [0.05, 0.1) is 35.1 Å². The van der Waals surface area contributed by atoms with E-state index in [4.69, 9.17) is 11.6 Å². The highest BCUT2D eigenvalue weighted by molar-refractivity contribution is 7.89. The number of carbonyl (C=O) groups excluding carboxylic acids is 1. The summed E-state index contributed by atoms with van der Waals surface area (Å²) in [7, 11) is -3.69. The molecule has 2 aromatic heterocycles. The van der Waals surface area contributed by atoms with Crippen LogP contribution in [0.5, 0.6) is 0 Å². The summed E-state index contributed by atoms with van der Waals surface area (Å²) >= 11 is 6.14. The van der Waals surface area contributed by atoms with E-state index in [2.05, 4.69) is 15.5 Å². The maximum atomic E-state index is 13.1. The van der Waals surface area contributed by atoms with Gasteiger partial charge in [0.1, 0.15) is 4.90 Å². The van der Waals surface area contributed by atoms with Crippen LogP contribution in [0, 0.1) is 12.8 Å². The summed E-state index contributed by atoms with van der Waals surface area (Å²) in [6.45, 7) is 7.60. The highest BCUT2D eigenvalue weighted by Crippen LogP contribution is 2.25. The molecule has 0 radical (unpaired) electrons. The number of carbonyl (C=O) groups is 1. The zero-order valence-corrected chi connectivity index (χ0v) is 18.5. The fraction of sp³-hybridized carbons (Fsp3) is 0.611. The Hall–Kier alpha value is -1.91. The Labute approximate surface area is 176 Å². The molecule has 1 fully saturated rings. The van der Waals surface area contributed by atoms with Crippen LogP contribution >= 0.6 is 11.6 Å². The van der Waals surface area contributed by atoms with Gasteiger partial charge in [-0.3, -0.25) is 14.2 Å². The molecule has 160 valence electrons. The lowest BCUT2D eigenvalue weighted by molar-refractivity contribution is -0.126. The molecule has 1 aliphatic heterocycles. The molecule has 3 heterocycles. The summed E-state index contributed by atoms with van der Waals surface area (Å²) in [5, 5.41) is 11.8. The van der Waals surface area contributed by atoms with Crippen LogP contribution in [0.3, 0.4) is 0 Å². The van der Waals surface area contributed by atoms with Crippen molar-refractivity contribution >= 4 is 27.5 Å². The van der Waals surface area contributed by atoms with Crippen molar-refractivity contribution < 1.29 is 13.2 Å². The minimum absolute atomic E-state index is 0.158. The molecule has 11 heteroatoms. The molecular weight excluding hydrogens is 416 g/mol. The number of nitrogens with one attached hydrogen (secondary N) is 1. The van der Waals surface area contributed by atoms with Gasteiger partial charge in [-0.05, 0) is 33.6 Å². The molecule has 0 spiro atoms. The lowest BCUT2D eigenvalue weighted by Crippen LogP contribution is -2.45. The third kappa shape index (κ3) is 4.49. The first kappa shape index (κ1) is 21.8. The third-order valence-electron chi connectivity index (χ3n) is 5.23. The highest BCUT2D eigenvalue weighted by Gasteiger charge is 2.35. The smallest absolute Gasteiger partial charge is 0.246 e. The van der Waals surface area contributed by atoms with Gasteiger partial charge in [0.2, 0.25) is 15.9 Å². The molecule has 0 saturated carbocycles. The second-order valence-corrected chi connectivity index (χ2v) is 9.42.